The molecule has 1 aromatic heterocycles. The van der Waals surface area contributed by atoms with Crippen LogP contribution in [0.2, 0.25) is 0 Å². The first-order valence-corrected chi connectivity index (χ1v) is 7.94. The van der Waals surface area contributed by atoms with Crippen LogP contribution in [0.3, 0.4) is 0 Å². The lowest BCUT2D eigenvalue weighted by atomic mass is 10.1. The average Bonchev–Trinajstić information content (AvgIpc) is 2.78. The Morgan fingerprint density at radius 2 is 1.95 bits per heavy atom. The smallest absolute Gasteiger partial charge is 0.303 e. The molecule has 0 aliphatic heterocycles. The van der Waals surface area contributed by atoms with E-state index in [1.54, 1.807) is 12.1 Å². The van der Waals surface area contributed by atoms with Gasteiger partial charge in [-0.1, -0.05) is 12.1 Å². The minimum Gasteiger partial charge on any atom is -0.481 e. The number of carboxylic acid groups (broad SMARTS) is 1. The number of carbonyl (C=O) groups excluding carboxylic acids is 1. The number of rotatable bonds is 5. The van der Waals surface area contributed by atoms with Crippen LogP contribution in [0.4, 0.5) is 5.69 Å². The highest BCUT2D eigenvalue weighted by molar-refractivity contribution is 9.11. The number of nitrogens with one attached hydrogen (secondary N) is 1. The summed E-state index contributed by atoms with van der Waals surface area (Å²) in [7, 11) is 0. The summed E-state index contributed by atoms with van der Waals surface area (Å²) in [5.41, 5.74) is 2.67. The van der Waals surface area contributed by atoms with Crippen molar-refractivity contribution in [3.8, 4) is 0 Å². The highest BCUT2D eigenvalue weighted by atomic mass is 79.9. The third-order valence-corrected chi connectivity index (χ3v) is 5.06. The van der Waals surface area contributed by atoms with Crippen LogP contribution in [-0.4, -0.2) is 17.0 Å². The van der Waals surface area contributed by atoms with E-state index in [-0.39, 0.29) is 12.3 Å². The lowest BCUT2D eigenvalue weighted by Gasteiger charge is -2.05. The molecular formula is C15H14BrNO3S. The fourth-order valence-electron chi connectivity index (χ4n) is 1.77. The molecule has 0 radical (unpaired) electrons. The Labute approximate surface area is 134 Å². The highest BCUT2D eigenvalue weighted by Gasteiger charge is 2.11. The SMILES string of the molecule is Cc1cc(C(=O)Nc2ccc(CCC(=O)O)cc2)sc1Br. The molecule has 0 aliphatic rings. The molecule has 4 nitrogen and oxygen atoms in total. The number of benzene rings is 1. The van der Waals surface area contributed by atoms with E-state index in [4.69, 9.17) is 5.11 Å². The number of carboxylic acids is 1. The molecule has 21 heavy (non-hydrogen) atoms. The molecular weight excluding hydrogens is 354 g/mol. The lowest BCUT2D eigenvalue weighted by Crippen LogP contribution is -2.10. The Bertz CT molecular complexity index is 645. The zero-order valence-corrected chi connectivity index (χ0v) is 13.8. The second-order valence-electron chi connectivity index (χ2n) is 4.61. The summed E-state index contributed by atoms with van der Waals surface area (Å²) in [4.78, 5) is 23.2. The van der Waals surface area contributed by atoms with Gasteiger partial charge in [0.25, 0.3) is 5.91 Å². The largest absolute Gasteiger partial charge is 0.481 e. The van der Waals surface area contributed by atoms with Crippen LogP contribution < -0.4 is 5.32 Å². The maximum atomic E-state index is 12.1. The average molecular weight is 368 g/mol. The van der Waals surface area contributed by atoms with Crippen molar-refractivity contribution in [2.75, 3.05) is 5.32 Å². The van der Waals surface area contributed by atoms with E-state index in [0.29, 0.717) is 17.0 Å². The fraction of sp³-hybridized carbons (Fsp3) is 0.200. The van der Waals surface area contributed by atoms with E-state index >= 15 is 0 Å². The maximum Gasteiger partial charge on any atom is 0.303 e. The maximum absolute atomic E-state index is 12.1. The van der Waals surface area contributed by atoms with Crippen LogP contribution in [0.15, 0.2) is 34.1 Å². The molecule has 0 bridgehead atoms. The van der Waals surface area contributed by atoms with Gasteiger partial charge in [-0.15, -0.1) is 11.3 Å². The van der Waals surface area contributed by atoms with Crippen molar-refractivity contribution < 1.29 is 14.7 Å². The standard InChI is InChI=1S/C15H14BrNO3S/c1-9-8-12(21-14(9)16)15(20)17-11-5-2-10(3-6-11)4-7-13(18)19/h2-3,5-6,8H,4,7H2,1H3,(H,17,20)(H,18,19). The second-order valence-corrected chi connectivity index (χ2v) is 6.98. The van der Waals surface area contributed by atoms with Crippen molar-refractivity contribution in [2.24, 2.45) is 0 Å². The van der Waals surface area contributed by atoms with Gasteiger partial charge in [0, 0.05) is 12.1 Å². The lowest BCUT2D eigenvalue weighted by molar-refractivity contribution is -0.136. The Hall–Kier alpha value is -1.66. The number of amides is 1. The van der Waals surface area contributed by atoms with Crippen LogP contribution in [-0.2, 0) is 11.2 Å². The van der Waals surface area contributed by atoms with Gasteiger partial charge in [0.1, 0.15) is 0 Å². The summed E-state index contributed by atoms with van der Waals surface area (Å²) in [5, 5.41) is 11.5. The number of carbonyl (C=O) groups is 2. The van der Waals surface area contributed by atoms with Gasteiger partial charge in [0.2, 0.25) is 0 Å². The zero-order chi connectivity index (χ0) is 15.4. The van der Waals surface area contributed by atoms with Gasteiger partial charge in [0.05, 0.1) is 8.66 Å². The summed E-state index contributed by atoms with van der Waals surface area (Å²) >= 11 is 4.79. The molecule has 1 heterocycles. The number of hydrogen-bond acceptors (Lipinski definition) is 3. The van der Waals surface area contributed by atoms with E-state index in [1.807, 2.05) is 25.1 Å². The summed E-state index contributed by atoms with van der Waals surface area (Å²) in [6, 6.07) is 9.06. The summed E-state index contributed by atoms with van der Waals surface area (Å²) in [6.07, 6.45) is 0.592. The van der Waals surface area contributed by atoms with Crippen molar-refractivity contribution in [1.29, 1.82) is 0 Å². The van der Waals surface area contributed by atoms with Crippen LogP contribution in [0.5, 0.6) is 0 Å². The Morgan fingerprint density at radius 3 is 2.48 bits per heavy atom. The predicted octanol–water partition coefficient (Wildman–Crippen LogP) is 4.09. The number of aliphatic carboxylic acids is 1. The van der Waals surface area contributed by atoms with Crippen LogP contribution in [0.1, 0.15) is 27.2 Å². The minimum atomic E-state index is -0.814. The molecule has 0 spiro atoms. The van der Waals surface area contributed by atoms with Gasteiger partial charge >= 0.3 is 5.97 Å². The zero-order valence-electron chi connectivity index (χ0n) is 11.4. The minimum absolute atomic E-state index is 0.105. The first-order chi connectivity index (χ1) is 9.95. The number of anilines is 1. The molecule has 1 aromatic carbocycles. The van der Waals surface area contributed by atoms with Gasteiger partial charge < -0.3 is 10.4 Å². The van der Waals surface area contributed by atoms with Crippen molar-refractivity contribution >= 4 is 44.8 Å². The molecule has 110 valence electrons. The summed E-state index contributed by atoms with van der Waals surface area (Å²) < 4.78 is 0.955. The van der Waals surface area contributed by atoms with E-state index in [1.165, 1.54) is 11.3 Å². The molecule has 0 saturated heterocycles. The molecule has 1 amide bonds. The van der Waals surface area contributed by atoms with Crippen molar-refractivity contribution in [1.82, 2.24) is 0 Å². The molecule has 2 rings (SSSR count). The Balaban J connectivity index is 1.99. The third kappa shape index (κ3) is 4.41. The Morgan fingerprint density at radius 1 is 1.29 bits per heavy atom. The third-order valence-electron chi connectivity index (χ3n) is 2.92. The monoisotopic (exact) mass is 367 g/mol. The number of hydrogen-bond donors (Lipinski definition) is 2. The topological polar surface area (TPSA) is 66.4 Å². The van der Waals surface area contributed by atoms with E-state index in [9.17, 15) is 9.59 Å². The molecule has 0 atom stereocenters. The van der Waals surface area contributed by atoms with Crippen LogP contribution >= 0.6 is 27.3 Å². The van der Waals surface area contributed by atoms with E-state index < -0.39 is 5.97 Å². The second kappa shape index (κ2) is 6.87. The van der Waals surface area contributed by atoms with Gasteiger partial charge in [0.15, 0.2) is 0 Å². The van der Waals surface area contributed by atoms with E-state index in [0.717, 1.165) is 14.9 Å². The van der Waals surface area contributed by atoms with Gasteiger partial charge in [-0.25, -0.2) is 0 Å². The summed E-state index contributed by atoms with van der Waals surface area (Å²) in [5.74, 6) is -0.960. The molecule has 0 aliphatic carbocycles. The van der Waals surface area contributed by atoms with Gasteiger partial charge in [-0.05, 0) is 58.6 Å². The number of halogens is 1. The van der Waals surface area contributed by atoms with Crippen molar-refractivity contribution in [2.45, 2.75) is 19.8 Å². The predicted molar refractivity (Wildman–Crippen MR) is 87.1 cm³/mol. The number of thiophene rings is 1. The van der Waals surface area contributed by atoms with Gasteiger partial charge in [-0.2, -0.15) is 0 Å². The highest BCUT2D eigenvalue weighted by Crippen LogP contribution is 2.27. The quantitative estimate of drug-likeness (QED) is 0.836. The van der Waals surface area contributed by atoms with Crippen LogP contribution in [0.25, 0.3) is 0 Å². The number of aryl methyl sites for hydroxylation is 2. The van der Waals surface area contributed by atoms with E-state index in [2.05, 4.69) is 21.2 Å². The molecule has 0 fully saturated rings. The molecule has 2 N–H and O–H groups in total. The molecule has 6 heteroatoms. The van der Waals surface area contributed by atoms with Crippen molar-refractivity contribution in [3.05, 3.63) is 50.1 Å². The summed E-state index contributed by atoms with van der Waals surface area (Å²) in [6.45, 7) is 1.94. The first-order valence-electron chi connectivity index (χ1n) is 6.33. The molecule has 2 aromatic rings. The first kappa shape index (κ1) is 15.7. The van der Waals surface area contributed by atoms with Crippen LogP contribution in [0, 0.1) is 6.92 Å². The normalized spacial score (nSPS) is 10.4. The fourth-order valence-corrected chi connectivity index (χ4v) is 3.20. The molecule has 0 unspecified atom stereocenters. The molecule has 0 saturated carbocycles. The Kier molecular flexibility index (Phi) is 5.14. The van der Waals surface area contributed by atoms with Gasteiger partial charge in [-0.3, -0.25) is 9.59 Å². The van der Waals surface area contributed by atoms with Crippen molar-refractivity contribution in [3.63, 3.8) is 0 Å².